The third-order valence-electron chi connectivity index (χ3n) is 17.3. The molecule has 4 atom stereocenters. The van der Waals surface area contributed by atoms with Crippen molar-refractivity contribution in [1.82, 2.24) is 19.5 Å². The number of ether oxygens (including phenoxy) is 6. The Morgan fingerprint density at radius 2 is 1.13 bits per heavy atom. The molecule has 1 fully saturated rings. The predicted octanol–water partition coefficient (Wildman–Crippen LogP) is 13.6. The Hall–Kier alpha value is -9.44. The first kappa shape index (κ1) is 66.0. The van der Waals surface area contributed by atoms with Gasteiger partial charge in [0.25, 0.3) is 0 Å². The van der Waals surface area contributed by atoms with Crippen molar-refractivity contribution in [3.05, 3.63) is 216 Å². The van der Waals surface area contributed by atoms with E-state index in [1.165, 1.54) is 10.9 Å². The third kappa shape index (κ3) is 14.6. The Balaban J connectivity index is 1.24. The number of hydrogen-bond acceptors (Lipinski definition) is 14. The van der Waals surface area contributed by atoms with Gasteiger partial charge in [-0.2, -0.15) is 14.4 Å². The number of terminal acetylenes is 1. The number of hydrogen-bond donors (Lipinski definition) is 3. The number of halogens is 1. The lowest BCUT2D eigenvalue weighted by molar-refractivity contribution is -0.182. The molecule has 0 radical (unpaired) electrons. The zero-order valence-electron chi connectivity index (χ0n) is 51.8. The number of carboxylic acids is 2. The van der Waals surface area contributed by atoms with Crippen molar-refractivity contribution in [2.75, 3.05) is 32.8 Å². The number of aliphatic carboxylic acids is 2. The third-order valence-corrected chi connectivity index (χ3v) is 17.3. The maximum absolute atomic E-state index is 16.8. The number of rotatable bonds is 33. The average molecular weight is 1240 g/mol. The van der Waals surface area contributed by atoms with Crippen molar-refractivity contribution >= 4 is 40.9 Å². The van der Waals surface area contributed by atoms with Crippen LogP contribution in [0.25, 0.3) is 11.2 Å². The van der Waals surface area contributed by atoms with Crippen molar-refractivity contribution < 1.29 is 62.2 Å². The van der Waals surface area contributed by atoms with Crippen molar-refractivity contribution in [2.24, 2.45) is 11.3 Å². The molecule has 0 saturated carbocycles. The Kier molecular flexibility index (Phi) is 22.0. The maximum atomic E-state index is 16.8. The minimum atomic E-state index is -2.54. The van der Waals surface area contributed by atoms with Gasteiger partial charge in [0.05, 0.1) is 45.6 Å². The number of benzene rings is 6. The van der Waals surface area contributed by atoms with Crippen LogP contribution in [-0.4, -0.2) is 92.7 Å². The number of anilines is 1. The number of esters is 2. The monoisotopic (exact) mass is 1240 g/mol. The van der Waals surface area contributed by atoms with Gasteiger partial charge in [-0.15, -0.1) is 6.42 Å². The van der Waals surface area contributed by atoms with Gasteiger partial charge in [0.15, 0.2) is 22.6 Å². The van der Waals surface area contributed by atoms with E-state index in [1.807, 2.05) is 172 Å². The molecule has 1 aliphatic rings. The molecular weight excluding hydrogens is 1160 g/mol. The Morgan fingerprint density at radius 1 is 0.670 bits per heavy atom. The first-order valence-electron chi connectivity index (χ1n) is 31.0. The lowest BCUT2D eigenvalue weighted by atomic mass is 9.65. The normalized spacial score (nSPS) is 16.4. The summed E-state index contributed by atoms with van der Waals surface area (Å²) in [5.74, 6) is -2.07. The van der Waals surface area contributed by atoms with Crippen LogP contribution in [0.4, 0.5) is 10.2 Å². The van der Waals surface area contributed by atoms with Crippen LogP contribution in [0.3, 0.4) is 0 Å². The van der Waals surface area contributed by atoms with Gasteiger partial charge in [-0.1, -0.05) is 204 Å². The molecule has 17 nitrogen and oxygen atoms in total. The van der Waals surface area contributed by atoms with Crippen molar-refractivity contribution in [3.63, 3.8) is 0 Å². The second-order valence-electron chi connectivity index (χ2n) is 23.0. The number of imidazole rings is 1. The highest BCUT2D eigenvalue weighted by molar-refractivity contribution is 5.85. The van der Waals surface area contributed by atoms with Crippen LogP contribution in [0.5, 0.6) is 11.5 Å². The highest BCUT2D eigenvalue weighted by atomic mass is 19.1. The van der Waals surface area contributed by atoms with Gasteiger partial charge in [-0.25, -0.2) is 4.98 Å². The molecule has 18 heteroatoms. The molecule has 474 valence electrons. The first-order valence-corrected chi connectivity index (χ1v) is 31.0. The van der Waals surface area contributed by atoms with Crippen molar-refractivity contribution in [2.45, 2.75) is 126 Å². The molecule has 1 aliphatic heterocycles. The lowest BCUT2D eigenvalue weighted by Crippen LogP contribution is -2.54. The van der Waals surface area contributed by atoms with E-state index in [1.54, 1.807) is 26.4 Å². The molecule has 2 aromatic heterocycles. The first-order chi connectivity index (χ1) is 44.2. The molecule has 0 spiro atoms. The van der Waals surface area contributed by atoms with E-state index >= 15 is 4.39 Å². The summed E-state index contributed by atoms with van der Waals surface area (Å²) in [4.78, 5) is 69.2. The van der Waals surface area contributed by atoms with Crippen LogP contribution >= 0.6 is 0 Å². The standard InChI is InChI=1S/C73H78FN5O12/c1-6-9-11-25-35-63(82)88-47-57(48-89-64(83)36-26-12-10-7-2)70(68(84)85,46-62(80)81)49-71(8-3)60(90-73(54-31-21-15-22-32-54,55-33-23-16-24-34-55)56-39-43-59(87-5)44-40-56)45-61(91-71)79-50-75-65-66(76-69(74)77-67(65)79)78-72(51-27-17-13-18-28-51,52-29-19-14-20-30-52)53-37-41-58(86-4)42-38-53/h3,13-24,27-34,37-44,50,57,60-61H,6-7,9-12,25-26,35-36,45-49H2,1-2,4-5H3,(H,80,81)(H,84,85)(H,76,77,78)/t60-,61+,70?,71-/m0/s1. The predicted molar refractivity (Wildman–Crippen MR) is 341 cm³/mol. The van der Waals surface area contributed by atoms with Crippen molar-refractivity contribution in [1.29, 1.82) is 0 Å². The van der Waals surface area contributed by atoms with Crippen molar-refractivity contribution in [3.8, 4) is 23.8 Å². The number of unbranched alkanes of at least 4 members (excludes halogenated alkanes) is 6. The molecule has 8 aromatic rings. The highest BCUT2D eigenvalue weighted by Gasteiger charge is 2.61. The van der Waals surface area contributed by atoms with Gasteiger partial charge in [-0.05, 0) is 70.5 Å². The number of nitrogens with one attached hydrogen (secondary N) is 1. The molecule has 6 aromatic carbocycles. The van der Waals surface area contributed by atoms with Crippen LogP contribution in [0, 0.1) is 29.8 Å². The van der Waals surface area contributed by atoms with Gasteiger partial charge < -0.3 is 44.0 Å². The van der Waals surface area contributed by atoms with E-state index in [2.05, 4.69) is 21.2 Å². The number of fused-ring (bicyclic) bond motifs is 1. The van der Waals surface area contributed by atoms with Crippen LogP contribution in [0.2, 0.25) is 0 Å². The van der Waals surface area contributed by atoms with Crippen LogP contribution in [0.15, 0.2) is 176 Å². The summed E-state index contributed by atoms with van der Waals surface area (Å²) in [6, 6.07) is 52.5. The van der Waals surface area contributed by atoms with Gasteiger partial charge in [0.1, 0.15) is 35.0 Å². The summed E-state index contributed by atoms with van der Waals surface area (Å²) < 4.78 is 56.3. The van der Waals surface area contributed by atoms with Crippen LogP contribution < -0.4 is 14.8 Å². The topological polar surface area (TPSA) is 220 Å². The fourth-order valence-corrected chi connectivity index (χ4v) is 12.5. The summed E-state index contributed by atoms with van der Waals surface area (Å²) in [6.45, 7) is 2.73. The smallest absolute Gasteiger partial charge is 0.312 e. The fourth-order valence-electron chi connectivity index (χ4n) is 12.5. The number of methoxy groups -OCH3 is 2. The molecule has 0 amide bonds. The van der Waals surface area contributed by atoms with Gasteiger partial charge in [0.2, 0.25) is 0 Å². The summed E-state index contributed by atoms with van der Waals surface area (Å²) in [7, 11) is 3.12. The molecule has 1 saturated heterocycles. The van der Waals surface area contributed by atoms with Gasteiger partial charge >= 0.3 is 30.0 Å². The highest BCUT2D eigenvalue weighted by Crippen LogP contribution is 2.54. The molecule has 9 rings (SSSR count). The Morgan fingerprint density at radius 3 is 1.58 bits per heavy atom. The van der Waals surface area contributed by atoms with Crippen LogP contribution in [0.1, 0.15) is 137 Å². The second-order valence-corrected chi connectivity index (χ2v) is 23.0. The SMILES string of the molecule is C#C[C@@]1(CC(CC(=O)O)(C(=O)O)C(COC(=O)CCCCCC)COC(=O)CCCCCC)O[C@@H](n2cnc3c(NC(c4ccccc4)(c4ccccc4)c4ccc(OC)cc4)nc(F)nc32)C[C@@H]1OC(c1ccccc1)(c1ccccc1)c1ccc(OC)cc1. The molecule has 1 unspecified atom stereocenters. The van der Waals surface area contributed by atoms with Gasteiger partial charge in [0, 0.05) is 31.6 Å². The second kappa shape index (κ2) is 30.4. The Labute approximate surface area is 530 Å². The van der Waals surface area contributed by atoms with E-state index in [9.17, 15) is 29.4 Å². The van der Waals surface area contributed by atoms with E-state index in [-0.39, 0.29) is 36.2 Å². The zero-order chi connectivity index (χ0) is 64.4. The number of nitrogens with zero attached hydrogens (tertiary/aromatic N) is 4. The van der Waals surface area contributed by atoms with E-state index in [0.717, 1.165) is 55.2 Å². The summed E-state index contributed by atoms with van der Waals surface area (Å²) in [5, 5.41) is 26.6. The van der Waals surface area contributed by atoms with E-state index in [4.69, 9.17) is 39.8 Å². The lowest BCUT2D eigenvalue weighted by Gasteiger charge is -2.45. The number of carbonyl (C=O) groups is 4. The van der Waals surface area contributed by atoms with Gasteiger partial charge in [-0.3, -0.25) is 23.7 Å². The quantitative estimate of drug-likeness (QED) is 0.0114. The fraction of sp³-hybridized carbons (Fsp3) is 0.356. The summed E-state index contributed by atoms with van der Waals surface area (Å²) >= 11 is 0. The number of carboxylic acid groups (broad SMARTS) is 2. The summed E-state index contributed by atoms with van der Waals surface area (Å²) in [6.07, 6.45) is 8.31. The van der Waals surface area contributed by atoms with Crippen LogP contribution in [-0.2, 0) is 49.3 Å². The van der Waals surface area contributed by atoms with E-state index in [0.29, 0.717) is 41.0 Å². The zero-order valence-corrected chi connectivity index (χ0v) is 51.8. The van der Waals surface area contributed by atoms with E-state index < -0.39 is 96.4 Å². The number of carbonyl (C=O) groups excluding carboxylic acids is 2. The molecule has 3 heterocycles. The molecular formula is C73H78FN5O12. The molecule has 3 N–H and O–H groups in total. The Bertz CT molecular complexity index is 3630. The molecule has 0 bridgehead atoms. The molecule has 91 heavy (non-hydrogen) atoms. The molecule has 0 aliphatic carbocycles. The summed E-state index contributed by atoms with van der Waals surface area (Å²) in [5.41, 5.74) is -3.57. The minimum absolute atomic E-state index is 0.00553. The minimum Gasteiger partial charge on any atom is -0.497 e. The average Bonchev–Trinajstić information content (AvgIpc) is 1.72. The largest absolute Gasteiger partial charge is 0.497 e. The maximum Gasteiger partial charge on any atom is 0.312 e. The number of aromatic nitrogens is 4.